The van der Waals surface area contributed by atoms with E-state index in [2.05, 4.69) is 383 Å². The molecule has 11 heteroatoms. The van der Waals surface area contributed by atoms with Crippen LogP contribution in [0.1, 0.15) is 49.9 Å². The van der Waals surface area contributed by atoms with Crippen LogP contribution in [0.15, 0.2) is 443 Å². The van der Waals surface area contributed by atoms with Crippen LogP contribution in [0.25, 0.3) is 224 Å². The Hall–Kier alpha value is -17.4. The smallest absolute Gasteiger partial charge is 0.235 e. The minimum absolute atomic E-state index is 0.165. The monoisotopic (exact) mass is 1720 g/mol. The number of fused-ring (bicyclic) bond motifs is 12. The molecule has 2 aliphatic rings. The molecule has 0 fully saturated rings. The number of aromatic nitrogens is 11. The Morgan fingerprint density at radius 3 is 0.963 bits per heavy atom. The summed E-state index contributed by atoms with van der Waals surface area (Å²) >= 11 is 0. The first kappa shape index (κ1) is 79.9. The molecule has 0 radical (unpaired) electrons. The van der Waals surface area contributed by atoms with Gasteiger partial charge in [-0.05, 0) is 128 Å². The maximum absolute atomic E-state index is 5.48. The second kappa shape index (κ2) is 33.0. The van der Waals surface area contributed by atoms with Gasteiger partial charge in [0.25, 0.3) is 0 Å². The summed E-state index contributed by atoms with van der Waals surface area (Å²) in [6.07, 6.45) is 0. The molecule has 23 aromatic rings. The molecule has 134 heavy (non-hydrogen) atoms. The van der Waals surface area contributed by atoms with Crippen LogP contribution in [0.4, 0.5) is 0 Å². The zero-order valence-corrected chi connectivity index (χ0v) is 74.1. The van der Waals surface area contributed by atoms with Gasteiger partial charge in [-0.15, -0.1) is 0 Å². The lowest BCUT2D eigenvalue weighted by molar-refractivity contribution is 0.661. The second-order valence-corrected chi connectivity index (χ2v) is 35.5. The van der Waals surface area contributed by atoms with Crippen LogP contribution in [0, 0.1) is 0 Å². The van der Waals surface area contributed by atoms with Crippen LogP contribution in [-0.4, -0.2) is 54.0 Å². The molecule has 11 nitrogen and oxygen atoms in total. The lowest BCUT2D eigenvalue weighted by atomic mass is 9.82. The van der Waals surface area contributed by atoms with Gasteiger partial charge in [-0.1, -0.05) is 398 Å². The van der Waals surface area contributed by atoms with E-state index >= 15 is 0 Å². The molecule has 2 aliphatic carbocycles. The largest absolute Gasteiger partial charge is 0.309 e. The van der Waals surface area contributed by atoms with Crippen LogP contribution in [-0.2, 0) is 10.8 Å². The average Bonchev–Trinajstić information content (AvgIpc) is 1.55. The maximum atomic E-state index is 5.48. The van der Waals surface area contributed by atoms with Gasteiger partial charge in [0.2, 0.25) is 5.95 Å². The summed E-state index contributed by atoms with van der Waals surface area (Å²) < 4.78 is 4.66. The molecule has 632 valence electrons. The molecule has 17 aromatic carbocycles. The van der Waals surface area contributed by atoms with Crippen molar-refractivity contribution in [3.63, 3.8) is 0 Å². The quantitative estimate of drug-likeness (QED) is 0.0986. The highest BCUT2D eigenvalue weighted by atomic mass is 15.2. The van der Waals surface area contributed by atoms with Crippen LogP contribution in [0.3, 0.4) is 0 Å². The topological polar surface area (TPSA) is 126 Å². The number of rotatable bonds is 15. The number of nitrogens with zero attached hydrogens (tertiary/aromatic N) is 11. The third-order valence-corrected chi connectivity index (χ3v) is 26.7. The van der Waals surface area contributed by atoms with E-state index in [1.54, 1.807) is 0 Å². The van der Waals surface area contributed by atoms with E-state index in [0.717, 1.165) is 156 Å². The molecule has 0 spiro atoms. The van der Waals surface area contributed by atoms with Crippen molar-refractivity contribution in [2.75, 3.05) is 0 Å². The molecular formula is C123H85N11. The molecule has 6 aromatic heterocycles. The van der Waals surface area contributed by atoms with Gasteiger partial charge in [0.05, 0.1) is 56.2 Å². The zero-order valence-electron chi connectivity index (χ0n) is 74.1. The summed E-state index contributed by atoms with van der Waals surface area (Å²) in [5, 5.41) is 4.60. The fraction of sp³-hybridized carbons (Fsp3) is 0.0488. The number of benzene rings is 17. The number of hydrogen-bond acceptors (Lipinski definition) is 9. The van der Waals surface area contributed by atoms with Crippen LogP contribution >= 0.6 is 0 Å². The highest BCUT2D eigenvalue weighted by molar-refractivity contribution is 6.14. The Morgan fingerprint density at radius 1 is 0.179 bits per heavy atom. The molecule has 6 heterocycles. The van der Waals surface area contributed by atoms with Gasteiger partial charge in [0, 0.05) is 110 Å². The van der Waals surface area contributed by atoms with Gasteiger partial charge in [0.1, 0.15) is 0 Å². The fourth-order valence-electron chi connectivity index (χ4n) is 20.1. The molecule has 0 N–H and O–H groups in total. The van der Waals surface area contributed by atoms with Crippen molar-refractivity contribution in [1.29, 1.82) is 0 Å². The third-order valence-electron chi connectivity index (χ3n) is 26.7. The summed E-state index contributed by atoms with van der Waals surface area (Å²) in [7, 11) is 0. The summed E-state index contributed by atoms with van der Waals surface area (Å²) in [5.41, 5.74) is 35.3. The van der Waals surface area contributed by atoms with Crippen molar-refractivity contribution in [1.82, 2.24) is 54.0 Å². The van der Waals surface area contributed by atoms with Gasteiger partial charge >= 0.3 is 0 Å². The first-order chi connectivity index (χ1) is 65.9. The summed E-state index contributed by atoms with van der Waals surface area (Å²) in [6, 6.07) is 155. The average molecular weight is 1720 g/mol. The number of para-hydroxylation sites is 1. The fourth-order valence-corrected chi connectivity index (χ4v) is 20.1. The molecule has 0 unspecified atom stereocenters. The molecular weight excluding hydrogens is 1630 g/mol. The van der Waals surface area contributed by atoms with Crippen molar-refractivity contribution in [2.45, 2.75) is 38.5 Å². The lowest BCUT2D eigenvalue weighted by Crippen LogP contribution is -2.15. The molecule has 0 amide bonds. The van der Waals surface area contributed by atoms with E-state index in [-0.39, 0.29) is 10.8 Å². The molecule has 0 atom stereocenters. The van der Waals surface area contributed by atoms with Crippen LogP contribution in [0.5, 0.6) is 0 Å². The SMILES string of the molecule is CC1(C)c2ccccc2-c2cc3c4cc(-c5nc(-c6ccccc6)nc(-c6ccccc6)n5)ccc4n(-c4cccc(-c5nc(-c6ccccc6)c(-c6ccccc6)c(-c6ccccc6)n5)c4)c3cc21.CC1(C)c2ccccc2-c2cc3c4ccccc4n(-c4nc(-c5ccccc5)cc(-c5cccc(-c6nc(-c7ccccc7)c(-c7ccccc7)c(-c7ccccc7)n6)c5)n4)c3cc21. The molecule has 0 saturated heterocycles. The van der Waals surface area contributed by atoms with E-state index in [1.165, 1.54) is 55.3 Å². The second-order valence-electron chi connectivity index (χ2n) is 35.5. The first-order valence-corrected chi connectivity index (χ1v) is 45.6. The predicted octanol–water partition coefficient (Wildman–Crippen LogP) is 30.4. The summed E-state index contributed by atoms with van der Waals surface area (Å²) in [6.45, 7) is 9.35. The third kappa shape index (κ3) is 14.0. The standard InChI is InChI=1S/C64H44N6.C59H41N5/c1-64(2)53-34-19-18-33-49(53)50-39-52-51-38-47(63-68-60(44-27-14-6-15-28-44)67-61(69-63)45-29-16-7-17-30-45)35-36-55(51)70(56(52)40-54(50)64)48-32-20-31-46(37-48)62-65-58(42-23-10-4-11-24-42)57(41-21-8-3-9-22-41)59(66-62)43-25-12-5-13-26-43;1-59(2)48-32-17-15-30-44(48)46-35-47-45-31-16-18-33-52(45)64(53(47)36-49(46)59)58-60-50(38-20-7-3-8-21-38)37-51(61-58)42-28-19-29-43(34-42)57-62-55(40-24-11-5-12-25-40)54(39-22-9-4-10-23-39)56(63-57)41-26-13-6-14-27-41/h3-40H,1-2H3;3-37H,1-2H3. The first-order valence-electron chi connectivity index (χ1n) is 45.6. The van der Waals surface area contributed by atoms with E-state index in [0.29, 0.717) is 35.1 Å². The van der Waals surface area contributed by atoms with Crippen LogP contribution in [0.2, 0.25) is 0 Å². The van der Waals surface area contributed by atoms with Crippen molar-refractivity contribution in [2.24, 2.45) is 0 Å². The molecule has 0 bridgehead atoms. The van der Waals surface area contributed by atoms with E-state index in [4.69, 9.17) is 44.9 Å². The maximum Gasteiger partial charge on any atom is 0.235 e. The minimum Gasteiger partial charge on any atom is -0.309 e. The highest BCUT2D eigenvalue weighted by Gasteiger charge is 2.39. The molecule has 0 aliphatic heterocycles. The minimum atomic E-state index is -0.197. The van der Waals surface area contributed by atoms with E-state index in [1.807, 2.05) is 97.1 Å². The van der Waals surface area contributed by atoms with Crippen molar-refractivity contribution < 1.29 is 0 Å². The van der Waals surface area contributed by atoms with Gasteiger partial charge in [-0.2, -0.15) is 0 Å². The van der Waals surface area contributed by atoms with E-state index < -0.39 is 0 Å². The van der Waals surface area contributed by atoms with Crippen molar-refractivity contribution >= 4 is 43.6 Å². The summed E-state index contributed by atoms with van der Waals surface area (Å²) in [4.78, 5) is 47.9. The van der Waals surface area contributed by atoms with E-state index in [9.17, 15) is 0 Å². The van der Waals surface area contributed by atoms with Crippen LogP contribution < -0.4 is 0 Å². The molecule has 25 rings (SSSR count). The van der Waals surface area contributed by atoms with Crippen molar-refractivity contribution in [3.05, 3.63) is 465 Å². The van der Waals surface area contributed by atoms with Crippen molar-refractivity contribution in [3.8, 4) is 181 Å². The Labute approximate surface area is 776 Å². The lowest BCUT2D eigenvalue weighted by Gasteiger charge is -2.21. The Balaban J connectivity index is 0.000000148. The van der Waals surface area contributed by atoms with Gasteiger partial charge < -0.3 is 4.57 Å². The van der Waals surface area contributed by atoms with Gasteiger partial charge in [0.15, 0.2) is 29.1 Å². The highest BCUT2D eigenvalue weighted by Crippen LogP contribution is 2.54. The van der Waals surface area contributed by atoms with Gasteiger partial charge in [-0.25, -0.2) is 44.9 Å². The molecule has 0 saturated carbocycles. The number of hydrogen-bond donors (Lipinski definition) is 0. The Bertz CT molecular complexity index is 8320. The normalized spacial score (nSPS) is 12.6. The zero-order chi connectivity index (χ0) is 89.5. The summed E-state index contributed by atoms with van der Waals surface area (Å²) in [5.74, 6) is 3.78. The Kier molecular flexibility index (Phi) is 19.7. The Morgan fingerprint density at radius 2 is 0.500 bits per heavy atom. The predicted molar refractivity (Wildman–Crippen MR) is 548 cm³/mol. The van der Waals surface area contributed by atoms with Gasteiger partial charge in [-0.3, -0.25) is 4.57 Å².